The maximum atomic E-state index is 14.7. The van der Waals surface area contributed by atoms with Crippen LogP contribution in [0.5, 0.6) is 17.2 Å². The number of imidazole rings is 1. The molecule has 0 saturated carbocycles. The SMILES string of the molecule is CCCCOc1ccc(-c2nn3cc(-c4ccc(C(=O)N[C@H]5C[C@H](O)CNC(=O)C6[C@@H](O)[C@@H](C)CN6C(=O)C([C@H](O)CC(N)=O)NC(=O)C([C@H](O)[C@@H](O)c6ccc(O)c(OS(=O)(=O)[O-])c6)NC(=O)C6C[C@@H](O)CN6C(=O)C([C@@H](C)O)NC5=O)cc4)nc3s2)cc1.[Na+]. The minimum atomic E-state index is -5.59. The number of β-amino-alcohol motifs (C(OH)–C–C–N with tert-alkyl or cyclic N) is 1. The quantitative estimate of drug-likeness (QED) is 0.0178. The van der Waals surface area contributed by atoms with E-state index >= 15 is 0 Å². The van der Waals surface area contributed by atoms with Crippen molar-refractivity contribution >= 4 is 74.0 Å². The van der Waals surface area contributed by atoms with Crippen LogP contribution < -0.4 is 70.8 Å². The van der Waals surface area contributed by atoms with Crippen molar-refractivity contribution in [3.63, 3.8) is 0 Å². The van der Waals surface area contributed by atoms with Crippen LogP contribution in [-0.4, -0.2) is 225 Å². The third kappa shape index (κ3) is 17.2. The van der Waals surface area contributed by atoms with Gasteiger partial charge < -0.3 is 96.4 Å². The molecule has 486 valence electrons. The van der Waals surface area contributed by atoms with Gasteiger partial charge in [0.2, 0.25) is 46.3 Å². The molecule has 8 rings (SSSR count). The Labute approximate surface area is 545 Å². The molecule has 3 aliphatic heterocycles. The predicted molar refractivity (Wildman–Crippen MR) is 311 cm³/mol. The summed E-state index contributed by atoms with van der Waals surface area (Å²) < 4.78 is 46.0. The zero-order chi connectivity index (χ0) is 65.6. The fourth-order valence-electron chi connectivity index (χ4n) is 10.5. The molecule has 5 unspecified atom stereocenters. The third-order valence-corrected chi connectivity index (χ3v) is 16.7. The molecule has 2 aromatic heterocycles. The fourth-order valence-corrected chi connectivity index (χ4v) is 11.7. The Morgan fingerprint density at radius 2 is 1.48 bits per heavy atom. The number of hydrogen-bond donors (Lipinski definition) is 14. The van der Waals surface area contributed by atoms with Gasteiger partial charge in [-0.05, 0) is 67.4 Å². The van der Waals surface area contributed by atoms with Crippen LogP contribution in [0.1, 0.15) is 74.9 Å². The molecular weight excluding hydrogens is 1250 g/mol. The standard InChI is InChI=1S/C56H69N11O21S2.Na/c1-4-5-16-87-33-13-10-29(11-14-33)53-64-67-24-35(60-56(67)89-53)27-6-8-28(9-7-27)48(77)59-34-18-31(69)21-58-52(81)44-45(74)25(2)22-66(44)55(83)42(38(72)20-40(57)73)62-51(80)43(47(76)46(75)30-12-15-37(71)39(17-30)88-90(84,85)86)63-50(79)36-19-32(70)23-65(36)54(82)41(26(3)68)61-49(34)78;/h6-15,17,24-26,31-32,34,36,38,41-47,68-72,74-76H,4-5,16,18-23H2,1-3H3,(H2,57,73)(H,58,81)(H,59,77)(H,61,78)(H,62,80)(H,63,79)(H,84,85,86);/q;+1/p-1/t25-,26+,31-,32+,34-,36?,38+,41?,42?,43?,44?,45-,46-,47-;/m0./s1. The Hall–Kier alpha value is -7.45. The zero-order valence-electron chi connectivity index (χ0n) is 49.4. The summed E-state index contributed by atoms with van der Waals surface area (Å²) in [6.07, 6.45) is -13.1. The van der Waals surface area contributed by atoms with Gasteiger partial charge >= 0.3 is 29.6 Å². The molecule has 14 atom stereocenters. The number of benzene rings is 3. The number of hydrogen-bond acceptors (Lipinski definition) is 24. The van der Waals surface area contributed by atoms with Crippen LogP contribution in [-0.2, 0) is 44.0 Å². The van der Waals surface area contributed by atoms with Gasteiger partial charge in [-0.3, -0.25) is 38.4 Å². The van der Waals surface area contributed by atoms with Crippen LogP contribution in [0.25, 0.3) is 26.8 Å². The van der Waals surface area contributed by atoms with E-state index in [1.165, 1.54) is 30.4 Å². The number of nitrogens with two attached hydrogens (primary N) is 1. The Bertz CT molecular complexity index is 3570. The first kappa shape index (κ1) is 71.0. The number of nitrogens with zero attached hydrogens (tertiary/aromatic N) is 5. The van der Waals surface area contributed by atoms with Crippen molar-refractivity contribution in [2.45, 2.75) is 132 Å². The summed E-state index contributed by atoms with van der Waals surface area (Å²) in [5.74, 6) is -12.5. The molecule has 32 nitrogen and oxygen atoms in total. The van der Waals surface area contributed by atoms with Gasteiger partial charge in [0.05, 0.1) is 55.4 Å². The summed E-state index contributed by atoms with van der Waals surface area (Å²) in [6.45, 7) is 3.20. The first-order valence-corrected chi connectivity index (χ1v) is 30.5. The van der Waals surface area contributed by atoms with Crippen molar-refractivity contribution in [3.05, 3.63) is 84.1 Å². The Morgan fingerprint density at radius 3 is 2.12 bits per heavy atom. The van der Waals surface area contributed by atoms with Gasteiger partial charge in [-0.2, -0.15) is 5.10 Å². The van der Waals surface area contributed by atoms with Crippen molar-refractivity contribution in [2.75, 3.05) is 26.2 Å². The largest absolute Gasteiger partial charge is 1.00 e. The topological polar surface area (TPSA) is 497 Å². The van der Waals surface area contributed by atoms with E-state index in [0.717, 1.165) is 37.1 Å². The molecule has 5 aromatic rings. The number of primary amides is 1. The molecule has 3 aromatic carbocycles. The summed E-state index contributed by atoms with van der Waals surface area (Å²) in [4.78, 5) is 120. The van der Waals surface area contributed by atoms with E-state index in [4.69, 9.17) is 15.5 Å². The summed E-state index contributed by atoms with van der Waals surface area (Å²) in [5, 5.41) is 107. The van der Waals surface area contributed by atoms with E-state index in [-0.39, 0.29) is 35.1 Å². The second-order valence-electron chi connectivity index (χ2n) is 22.1. The number of aliphatic hydroxyl groups is 7. The molecule has 3 fully saturated rings. The van der Waals surface area contributed by atoms with E-state index in [0.29, 0.717) is 49.8 Å². The van der Waals surface area contributed by atoms with Gasteiger partial charge in [-0.15, -0.1) is 0 Å². The molecule has 15 N–H and O–H groups in total. The number of unbranched alkanes of at least 4 members (excludes halogenated alkanes) is 1. The monoisotopic (exact) mass is 1320 g/mol. The van der Waals surface area contributed by atoms with Gasteiger partial charge in [0, 0.05) is 55.1 Å². The Morgan fingerprint density at radius 1 is 0.835 bits per heavy atom. The maximum absolute atomic E-state index is 14.7. The second kappa shape index (κ2) is 30.3. The van der Waals surface area contributed by atoms with Crippen LogP contribution in [0.2, 0.25) is 0 Å². The smallest absolute Gasteiger partial charge is 0.716 e. The van der Waals surface area contributed by atoms with Gasteiger partial charge in [0.1, 0.15) is 59.2 Å². The summed E-state index contributed by atoms with van der Waals surface area (Å²) in [6, 6.07) is 2.99. The predicted octanol–water partition coefficient (Wildman–Crippen LogP) is -6.83. The van der Waals surface area contributed by atoms with Crippen molar-refractivity contribution in [1.82, 2.24) is 51.0 Å². The average molecular weight is 1320 g/mol. The number of aromatic hydroxyl groups is 1. The van der Waals surface area contributed by atoms with E-state index in [1.807, 2.05) is 24.3 Å². The molecule has 0 aliphatic carbocycles. The average Bonchev–Trinajstić information content (AvgIpc) is 1.75. The fraction of sp³-hybridized carbons (Fsp3) is 0.464. The van der Waals surface area contributed by atoms with Crippen LogP contribution in [0.3, 0.4) is 0 Å². The minimum absolute atomic E-state index is 0. The molecule has 91 heavy (non-hydrogen) atoms. The summed E-state index contributed by atoms with van der Waals surface area (Å²) in [5.41, 5.74) is 6.63. The van der Waals surface area contributed by atoms with Crippen LogP contribution in [0.15, 0.2) is 72.9 Å². The van der Waals surface area contributed by atoms with E-state index in [2.05, 4.69) is 42.8 Å². The van der Waals surface area contributed by atoms with Gasteiger partial charge in [-0.25, -0.2) is 17.9 Å². The van der Waals surface area contributed by atoms with Crippen LogP contribution >= 0.6 is 11.3 Å². The molecule has 35 heteroatoms. The number of phenolic OH excluding ortho intramolecular Hbond substituents is 1. The van der Waals surface area contributed by atoms with Crippen molar-refractivity contribution in [1.29, 1.82) is 0 Å². The molecule has 0 bridgehead atoms. The van der Waals surface area contributed by atoms with Gasteiger partial charge in [-0.1, -0.05) is 49.8 Å². The van der Waals surface area contributed by atoms with Gasteiger partial charge in [0.25, 0.3) is 16.3 Å². The number of amides is 8. The second-order valence-corrected chi connectivity index (χ2v) is 24.1. The normalized spacial score (nSPS) is 25.3. The molecule has 5 heterocycles. The zero-order valence-corrected chi connectivity index (χ0v) is 53.0. The number of carbonyl (C=O) groups is 8. The number of aliphatic hydroxyl groups excluding tert-OH is 7. The summed E-state index contributed by atoms with van der Waals surface area (Å²) >= 11 is 1.34. The van der Waals surface area contributed by atoms with E-state index in [9.17, 15) is 92.2 Å². The summed E-state index contributed by atoms with van der Waals surface area (Å²) in [7, 11) is -5.59. The first-order valence-electron chi connectivity index (χ1n) is 28.4. The number of nitrogens with one attached hydrogen (secondary N) is 5. The minimum Gasteiger partial charge on any atom is -0.716 e. The van der Waals surface area contributed by atoms with Crippen LogP contribution in [0, 0.1) is 5.92 Å². The number of fused-ring (bicyclic) bond motifs is 3. The molecule has 3 saturated heterocycles. The first-order chi connectivity index (χ1) is 42.5. The Balaban J connectivity index is 0.0000118. The number of ether oxygens (including phenoxy) is 1. The van der Waals surface area contributed by atoms with Crippen molar-refractivity contribution in [2.24, 2.45) is 11.7 Å². The number of carbonyl (C=O) groups excluding carboxylic acids is 8. The number of rotatable bonds is 17. The van der Waals surface area contributed by atoms with Crippen molar-refractivity contribution in [3.8, 4) is 39.1 Å². The van der Waals surface area contributed by atoms with Crippen molar-refractivity contribution < 1.29 is 131 Å². The third-order valence-electron chi connectivity index (χ3n) is 15.3. The molecule has 3 aliphatic rings. The molecule has 8 amide bonds. The number of aromatic nitrogens is 3. The van der Waals surface area contributed by atoms with Crippen LogP contribution in [0.4, 0.5) is 0 Å². The maximum Gasteiger partial charge on any atom is 1.00 e. The number of phenols is 1. The molecule has 0 spiro atoms. The van der Waals surface area contributed by atoms with Gasteiger partial charge in [0.15, 0.2) is 11.5 Å². The van der Waals surface area contributed by atoms with E-state index in [1.54, 1.807) is 22.8 Å². The molecular formula is C56H68N11NaO21S2. The Kier molecular flexibility index (Phi) is 23.7. The van der Waals surface area contributed by atoms with E-state index < -0.39 is 199 Å². The molecule has 0 radical (unpaired) electrons.